The Labute approximate surface area is 138 Å². The summed E-state index contributed by atoms with van der Waals surface area (Å²) < 4.78 is 10.7. The maximum atomic E-state index is 2.79. The van der Waals surface area contributed by atoms with Crippen molar-refractivity contribution in [3.8, 4) is 0 Å². The molecule has 0 aliphatic heterocycles. The van der Waals surface area contributed by atoms with E-state index in [1.807, 2.05) is 0 Å². The van der Waals surface area contributed by atoms with Crippen LogP contribution in [0, 0.1) is 0 Å². The Kier molecular flexibility index (Phi) is 8.61. The molecule has 0 rings (SSSR count). The topological polar surface area (TPSA) is 13.0 Å². The summed E-state index contributed by atoms with van der Waals surface area (Å²) in [6.07, 6.45) is 0. The molecule has 0 radical (unpaired) electrons. The zero-order valence-electron chi connectivity index (χ0n) is 16.5. The second-order valence-corrected chi connectivity index (χ2v) is 15.3. The van der Waals surface area contributed by atoms with Crippen LogP contribution in [0.3, 0.4) is 0 Å². The average molecular weight is 384 g/mol. The van der Waals surface area contributed by atoms with Crippen molar-refractivity contribution >= 4 is 0 Å². The van der Waals surface area contributed by atoms with E-state index in [1.165, 1.54) is 0 Å². The molecule has 0 aromatic rings. The number of rotatable bonds is 8. The van der Waals surface area contributed by atoms with Crippen molar-refractivity contribution in [1.29, 1.82) is 0 Å². The Morgan fingerprint density at radius 2 is 0.667 bits per heavy atom. The molecule has 0 unspecified atom stereocenters. The van der Waals surface area contributed by atoms with E-state index in [0.717, 1.165) is 0 Å². The van der Waals surface area contributed by atoms with Crippen LogP contribution in [0.1, 0.15) is 55.4 Å². The standard InChI is InChI=1S/2C6H14N.2C2H6N.Mo/c2*1-5(2)7-6(3)4;2*1-3-2;/h2*5-6H,1-4H3;2*1-2H3;/q4*-1;+4. The van der Waals surface area contributed by atoms with E-state index in [9.17, 15) is 0 Å². The summed E-state index contributed by atoms with van der Waals surface area (Å²) in [4.78, 5) is 0. The fourth-order valence-corrected chi connectivity index (χ4v) is 14.9. The molecule has 0 atom stereocenters. The Bertz CT molecular complexity index is 255. The predicted molar refractivity (Wildman–Crippen MR) is 91.6 cm³/mol. The second kappa shape index (κ2) is 8.40. The average Bonchev–Trinajstić information content (AvgIpc) is 2.24. The fraction of sp³-hybridized carbons (Fsp3) is 1.00. The van der Waals surface area contributed by atoms with E-state index in [4.69, 9.17) is 0 Å². The maximum absolute atomic E-state index is 2.82. The summed E-state index contributed by atoms with van der Waals surface area (Å²) in [6.45, 7) is 18.7. The molecule has 0 spiro atoms. The van der Waals surface area contributed by atoms with Crippen molar-refractivity contribution in [2.75, 3.05) is 28.2 Å². The molecule has 21 heavy (non-hydrogen) atoms. The van der Waals surface area contributed by atoms with Gasteiger partial charge in [-0.1, -0.05) is 0 Å². The number of nitrogens with zero attached hydrogens (tertiary/aromatic N) is 4. The van der Waals surface area contributed by atoms with Gasteiger partial charge >= 0.3 is 139 Å². The third-order valence-electron chi connectivity index (χ3n) is 3.58. The molecule has 0 heterocycles. The Morgan fingerprint density at radius 1 is 0.476 bits per heavy atom. The van der Waals surface area contributed by atoms with Gasteiger partial charge in [-0.15, -0.1) is 0 Å². The van der Waals surface area contributed by atoms with Crippen LogP contribution in [0.5, 0.6) is 0 Å². The van der Waals surface area contributed by atoms with E-state index in [1.54, 1.807) is 0 Å². The van der Waals surface area contributed by atoms with Crippen LogP contribution in [-0.2, 0) is 17.1 Å². The van der Waals surface area contributed by atoms with Gasteiger partial charge in [0, 0.05) is 0 Å². The van der Waals surface area contributed by atoms with Crippen LogP contribution in [0.4, 0.5) is 0 Å². The van der Waals surface area contributed by atoms with Crippen LogP contribution in [0.2, 0.25) is 0 Å². The molecule has 0 aromatic heterocycles. The Balaban J connectivity index is 6.32. The third kappa shape index (κ3) is 4.29. The summed E-state index contributed by atoms with van der Waals surface area (Å²) in [5.41, 5.74) is 0. The SMILES string of the molecule is CC(C)[N](C(C)C)[Mo]([N](C)C)([N](C)C)[N](C(C)C)C(C)C. The van der Waals surface area contributed by atoms with Crippen LogP contribution in [-0.4, -0.2) is 66.2 Å². The van der Waals surface area contributed by atoms with E-state index >= 15 is 0 Å². The molecule has 0 aliphatic carbocycles. The predicted octanol–water partition coefficient (Wildman–Crippen LogP) is 3.16. The summed E-state index contributed by atoms with van der Waals surface area (Å²) in [6, 6.07) is 2.15. The van der Waals surface area contributed by atoms with Gasteiger partial charge in [-0.25, -0.2) is 0 Å². The molecule has 0 saturated carbocycles. The first-order valence-electron chi connectivity index (χ1n) is 8.17. The molecule has 0 N–H and O–H groups in total. The zero-order valence-corrected chi connectivity index (χ0v) is 18.5. The third-order valence-corrected chi connectivity index (χ3v) is 15.3. The van der Waals surface area contributed by atoms with Gasteiger partial charge in [-0.2, -0.15) is 0 Å². The van der Waals surface area contributed by atoms with Gasteiger partial charge in [0.05, 0.1) is 0 Å². The molecule has 0 fully saturated rings. The molecule has 0 aliphatic rings. The van der Waals surface area contributed by atoms with Crippen molar-refractivity contribution in [1.82, 2.24) is 13.8 Å². The van der Waals surface area contributed by atoms with Crippen molar-refractivity contribution in [2.45, 2.75) is 79.6 Å². The van der Waals surface area contributed by atoms with E-state index < -0.39 is 17.1 Å². The molecule has 0 saturated heterocycles. The first kappa shape index (κ1) is 21.5. The van der Waals surface area contributed by atoms with Gasteiger partial charge in [0.25, 0.3) is 0 Å². The van der Waals surface area contributed by atoms with Crippen molar-refractivity contribution in [3.05, 3.63) is 0 Å². The fourth-order valence-electron chi connectivity index (χ4n) is 3.51. The van der Waals surface area contributed by atoms with E-state index in [0.29, 0.717) is 24.2 Å². The second-order valence-electron chi connectivity index (χ2n) is 7.21. The summed E-state index contributed by atoms with van der Waals surface area (Å²) in [7, 11) is 9.10. The van der Waals surface area contributed by atoms with Gasteiger partial charge < -0.3 is 0 Å². The van der Waals surface area contributed by atoms with Gasteiger partial charge in [-0.05, 0) is 0 Å². The van der Waals surface area contributed by atoms with Crippen LogP contribution < -0.4 is 0 Å². The summed E-state index contributed by atoms with van der Waals surface area (Å²) in [5, 5.41) is 0. The van der Waals surface area contributed by atoms with Gasteiger partial charge in [0.15, 0.2) is 0 Å². The van der Waals surface area contributed by atoms with Crippen LogP contribution in [0.25, 0.3) is 0 Å². The summed E-state index contributed by atoms with van der Waals surface area (Å²) in [5.74, 6) is 0. The van der Waals surface area contributed by atoms with Gasteiger partial charge in [-0.3, -0.25) is 0 Å². The van der Waals surface area contributed by atoms with Gasteiger partial charge in [0.1, 0.15) is 0 Å². The zero-order chi connectivity index (χ0) is 17.1. The molecule has 130 valence electrons. The molecular weight excluding hydrogens is 344 g/mol. The number of hydrogen-bond donors (Lipinski definition) is 0. The van der Waals surface area contributed by atoms with Crippen LogP contribution in [0.15, 0.2) is 0 Å². The molecule has 4 nitrogen and oxygen atoms in total. The van der Waals surface area contributed by atoms with Gasteiger partial charge in [0.2, 0.25) is 0 Å². The van der Waals surface area contributed by atoms with E-state index in [2.05, 4.69) is 97.4 Å². The number of hydrogen-bond acceptors (Lipinski definition) is 4. The minimum absolute atomic E-state index is 0.538. The van der Waals surface area contributed by atoms with Crippen LogP contribution >= 0.6 is 0 Å². The molecule has 0 amide bonds. The normalized spacial score (nSPS) is 15.0. The Hall–Kier alpha value is 0.528. The molecule has 0 aromatic carbocycles. The van der Waals surface area contributed by atoms with Crippen molar-refractivity contribution in [2.24, 2.45) is 0 Å². The molecule has 5 heteroatoms. The Morgan fingerprint density at radius 3 is 0.762 bits per heavy atom. The quantitative estimate of drug-likeness (QED) is 0.596. The monoisotopic (exact) mass is 386 g/mol. The molecule has 0 bridgehead atoms. The van der Waals surface area contributed by atoms with E-state index in [-0.39, 0.29) is 0 Å². The summed E-state index contributed by atoms with van der Waals surface area (Å²) >= 11 is -2.82. The van der Waals surface area contributed by atoms with Crippen molar-refractivity contribution < 1.29 is 17.1 Å². The first-order valence-corrected chi connectivity index (χ1v) is 11.8. The first-order chi connectivity index (χ1) is 9.42. The molecular formula is C16H40MoN4. The van der Waals surface area contributed by atoms with Crippen molar-refractivity contribution in [3.63, 3.8) is 0 Å². The minimum atomic E-state index is -2.82.